The predicted molar refractivity (Wildman–Crippen MR) is 107 cm³/mol. The Labute approximate surface area is 178 Å². The lowest BCUT2D eigenvalue weighted by Crippen LogP contribution is -2.46. The summed E-state index contributed by atoms with van der Waals surface area (Å²) in [5.74, 6) is 4.29. The van der Waals surface area contributed by atoms with Crippen LogP contribution in [-0.4, -0.2) is 55.2 Å². The fourth-order valence-corrected chi connectivity index (χ4v) is 5.95. The Morgan fingerprint density at radius 3 is 2.55 bits per heavy atom. The van der Waals surface area contributed by atoms with Crippen molar-refractivity contribution in [3.63, 3.8) is 0 Å². The van der Waals surface area contributed by atoms with Crippen LogP contribution in [0, 0.1) is 29.6 Å². The molecule has 3 amide bonds. The minimum atomic E-state index is -0.501. The number of likely N-dealkylation sites (tertiary alicyclic amines) is 1. The fraction of sp³-hybridized carbons (Fsp3) is 0.524. The molecule has 1 aromatic carbocycles. The molecule has 2 saturated carbocycles. The van der Waals surface area contributed by atoms with Gasteiger partial charge < -0.3 is 14.3 Å². The molecule has 2 bridgehead atoms. The molecule has 6 atom stereocenters. The Morgan fingerprint density at radius 2 is 1.87 bits per heavy atom. The van der Waals surface area contributed by atoms with Crippen LogP contribution < -0.4 is 20.7 Å². The molecule has 4 aliphatic rings. The van der Waals surface area contributed by atoms with Crippen LogP contribution in [0.1, 0.15) is 12.0 Å². The molecule has 1 aromatic rings. The van der Waals surface area contributed by atoms with Gasteiger partial charge in [-0.1, -0.05) is 11.2 Å². The summed E-state index contributed by atoms with van der Waals surface area (Å²) < 4.78 is 10.6. The first-order valence-corrected chi connectivity index (χ1v) is 10.3. The van der Waals surface area contributed by atoms with E-state index in [-0.39, 0.29) is 41.4 Å². The Hall–Kier alpha value is -3.14. The number of carbonyl (C=O) groups excluding carboxylic acids is 3. The minimum absolute atomic E-state index is 0.116. The number of oxime groups is 1. The van der Waals surface area contributed by atoms with Crippen LogP contribution in [-0.2, 0) is 25.6 Å². The molecule has 0 unspecified atom stereocenters. The smallest absolute Gasteiger partial charge is 0.283 e. The lowest BCUT2D eigenvalue weighted by atomic mass is 9.72. The molecule has 31 heavy (non-hydrogen) atoms. The molecule has 10 heteroatoms. The number of hydrazine groups is 1. The molecule has 5 rings (SSSR count). The first-order valence-electron chi connectivity index (χ1n) is 10.3. The highest BCUT2D eigenvalue weighted by atomic mass is 16.6. The highest BCUT2D eigenvalue weighted by molar-refractivity contribution is 6.40. The number of hydrogen-bond donors (Lipinski definition) is 2. The number of methoxy groups -OCH3 is 2. The van der Waals surface area contributed by atoms with Crippen LogP contribution in [0.3, 0.4) is 0 Å². The average molecular weight is 428 g/mol. The van der Waals surface area contributed by atoms with Gasteiger partial charge in [0.05, 0.1) is 32.0 Å². The van der Waals surface area contributed by atoms with E-state index in [1.807, 2.05) is 12.1 Å². The number of benzene rings is 1. The van der Waals surface area contributed by atoms with Gasteiger partial charge in [0.2, 0.25) is 11.8 Å². The highest BCUT2D eigenvalue weighted by Crippen LogP contribution is 2.61. The predicted octanol–water partition coefficient (Wildman–Crippen LogP) is -0.142. The number of carbonyl (C=O) groups is 3. The number of hydrogen-bond acceptors (Lipinski definition) is 8. The largest absolute Gasteiger partial charge is 0.493 e. The summed E-state index contributed by atoms with van der Waals surface area (Å²) in [6, 6.07) is 5.54. The van der Waals surface area contributed by atoms with Crippen molar-refractivity contribution in [3.8, 4) is 11.5 Å². The van der Waals surface area contributed by atoms with E-state index >= 15 is 0 Å². The minimum Gasteiger partial charge on any atom is -0.493 e. The third-order valence-corrected chi connectivity index (χ3v) is 7.22. The van der Waals surface area contributed by atoms with E-state index in [4.69, 9.17) is 20.2 Å². The molecule has 0 spiro atoms. The van der Waals surface area contributed by atoms with Gasteiger partial charge in [0.1, 0.15) is 6.10 Å². The van der Waals surface area contributed by atoms with Crippen LogP contribution in [0.2, 0.25) is 0 Å². The number of imide groups is 1. The molecule has 164 valence electrons. The zero-order valence-corrected chi connectivity index (χ0v) is 17.2. The second-order valence-electron chi connectivity index (χ2n) is 8.43. The van der Waals surface area contributed by atoms with E-state index in [1.165, 1.54) is 4.90 Å². The Kier molecular flexibility index (Phi) is 4.62. The lowest BCUT2D eigenvalue weighted by molar-refractivity contribution is -0.141. The SMILES string of the molecule is COc1ccc(CCN2C(=O)[C@@H]3[C@H]4C[C@H]([C@H]5ON=C(C(=O)NN)[C@H]45)[C@@H]3C2=O)cc1OC. The van der Waals surface area contributed by atoms with E-state index in [9.17, 15) is 14.4 Å². The number of amides is 3. The molecule has 0 radical (unpaired) electrons. The average Bonchev–Trinajstić information content (AvgIpc) is 3.52. The number of nitrogens with two attached hydrogens (primary N) is 1. The highest BCUT2D eigenvalue weighted by Gasteiger charge is 2.70. The molecule has 2 aliphatic heterocycles. The topological polar surface area (TPSA) is 133 Å². The number of ether oxygens (including phenoxy) is 2. The van der Waals surface area contributed by atoms with Crippen LogP contribution in [0.5, 0.6) is 11.5 Å². The normalized spacial score (nSPS) is 32.5. The lowest BCUT2D eigenvalue weighted by Gasteiger charge is -2.29. The van der Waals surface area contributed by atoms with Crippen LogP contribution in [0.15, 0.2) is 23.4 Å². The van der Waals surface area contributed by atoms with Crippen LogP contribution >= 0.6 is 0 Å². The molecular weight excluding hydrogens is 404 g/mol. The van der Waals surface area contributed by atoms with Crippen LogP contribution in [0.4, 0.5) is 0 Å². The van der Waals surface area contributed by atoms with Crippen molar-refractivity contribution in [2.45, 2.75) is 18.9 Å². The van der Waals surface area contributed by atoms with Gasteiger partial charge >= 0.3 is 0 Å². The zero-order valence-electron chi connectivity index (χ0n) is 17.2. The molecule has 3 N–H and O–H groups in total. The second kappa shape index (κ2) is 7.23. The van der Waals surface area contributed by atoms with E-state index in [0.29, 0.717) is 30.9 Å². The van der Waals surface area contributed by atoms with Gasteiger partial charge in [-0.3, -0.25) is 24.7 Å². The summed E-state index contributed by atoms with van der Waals surface area (Å²) in [6.07, 6.45) is 0.849. The quantitative estimate of drug-likeness (QED) is 0.279. The Morgan fingerprint density at radius 1 is 1.16 bits per heavy atom. The summed E-state index contributed by atoms with van der Waals surface area (Å²) in [6.45, 7) is 0.292. The van der Waals surface area contributed by atoms with Crippen molar-refractivity contribution in [2.75, 3.05) is 20.8 Å². The van der Waals surface area contributed by atoms with Gasteiger partial charge in [-0.15, -0.1) is 0 Å². The number of fused-ring (bicyclic) bond motifs is 8. The van der Waals surface area contributed by atoms with E-state index < -0.39 is 17.7 Å². The summed E-state index contributed by atoms with van der Waals surface area (Å²) in [7, 11) is 3.13. The van der Waals surface area contributed by atoms with Crippen molar-refractivity contribution in [2.24, 2.45) is 40.6 Å². The fourth-order valence-electron chi connectivity index (χ4n) is 5.95. The van der Waals surface area contributed by atoms with Crippen molar-refractivity contribution < 1.29 is 28.7 Å². The second-order valence-corrected chi connectivity index (χ2v) is 8.43. The molecule has 10 nitrogen and oxygen atoms in total. The molecule has 0 aromatic heterocycles. The van der Waals surface area contributed by atoms with Crippen molar-refractivity contribution in [3.05, 3.63) is 23.8 Å². The van der Waals surface area contributed by atoms with Crippen molar-refractivity contribution in [1.29, 1.82) is 0 Å². The van der Waals surface area contributed by atoms with Crippen molar-refractivity contribution in [1.82, 2.24) is 10.3 Å². The zero-order chi connectivity index (χ0) is 21.9. The number of nitrogens with zero attached hydrogens (tertiary/aromatic N) is 2. The van der Waals surface area contributed by atoms with E-state index in [0.717, 1.165) is 5.56 Å². The molecule has 3 fully saturated rings. The van der Waals surface area contributed by atoms with E-state index in [1.54, 1.807) is 20.3 Å². The molecule has 1 saturated heterocycles. The Bertz CT molecular complexity index is 994. The third-order valence-electron chi connectivity index (χ3n) is 7.22. The maximum atomic E-state index is 13.2. The van der Waals surface area contributed by atoms with Crippen LogP contribution in [0.25, 0.3) is 0 Å². The number of rotatable bonds is 6. The maximum absolute atomic E-state index is 13.2. The molecule has 2 heterocycles. The van der Waals surface area contributed by atoms with Gasteiger partial charge in [-0.2, -0.15) is 0 Å². The van der Waals surface area contributed by atoms with E-state index in [2.05, 4.69) is 10.6 Å². The van der Waals surface area contributed by atoms with Gasteiger partial charge in [-0.25, -0.2) is 5.84 Å². The van der Waals surface area contributed by atoms with Gasteiger partial charge in [-0.05, 0) is 36.5 Å². The maximum Gasteiger partial charge on any atom is 0.283 e. The van der Waals surface area contributed by atoms with Gasteiger partial charge in [0.15, 0.2) is 17.2 Å². The summed E-state index contributed by atoms with van der Waals surface area (Å²) in [4.78, 5) is 45.3. The first kappa shape index (κ1) is 19.8. The third kappa shape index (κ3) is 2.74. The first-order chi connectivity index (χ1) is 15.0. The van der Waals surface area contributed by atoms with Gasteiger partial charge in [0.25, 0.3) is 5.91 Å². The molecule has 2 aliphatic carbocycles. The van der Waals surface area contributed by atoms with Gasteiger partial charge in [0, 0.05) is 12.5 Å². The van der Waals surface area contributed by atoms with Crippen molar-refractivity contribution >= 4 is 23.4 Å². The Balaban J connectivity index is 1.33. The summed E-state index contributed by atoms with van der Waals surface area (Å²) >= 11 is 0. The molecular formula is C21H24N4O6. The summed E-state index contributed by atoms with van der Waals surface area (Å²) in [5, 5.41) is 3.90. The standard InChI is InChI=1S/C21H24N4O6/c1-29-12-4-3-9(7-13(12)30-2)5-6-25-20(27)14-10-8-11(15(14)21(25)28)18-16(10)17(24-31-18)19(26)23-22/h3-4,7,10-11,14-16,18H,5-6,8,22H2,1-2H3,(H,23,26)/t10-,11+,14-,15+,16+,18-/m1/s1. The monoisotopic (exact) mass is 428 g/mol. The summed E-state index contributed by atoms with van der Waals surface area (Å²) in [5.41, 5.74) is 3.25. The number of nitrogens with one attached hydrogen (secondary N) is 1.